The summed E-state index contributed by atoms with van der Waals surface area (Å²) in [6.07, 6.45) is -15.8. The summed E-state index contributed by atoms with van der Waals surface area (Å²) in [6.45, 7) is 2.72. The fourth-order valence-electron chi connectivity index (χ4n) is 6.57. The zero-order valence-electron chi connectivity index (χ0n) is 22.4. The van der Waals surface area contributed by atoms with Crippen LogP contribution in [0.3, 0.4) is 0 Å². The lowest BCUT2D eigenvalue weighted by molar-refractivity contribution is -0.137. The number of benzene rings is 2. The first-order valence-electron chi connectivity index (χ1n) is 13.2. The lowest BCUT2D eigenvalue weighted by Crippen LogP contribution is -2.61. The Balaban J connectivity index is 1.70. The second kappa shape index (κ2) is 10.1. The molecule has 1 aliphatic carbocycles. The summed E-state index contributed by atoms with van der Waals surface area (Å²) in [7, 11) is 0. The van der Waals surface area contributed by atoms with Crippen LogP contribution in [0.4, 0.5) is 44.3 Å². The molecule has 2 aromatic carbocycles. The summed E-state index contributed by atoms with van der Waals surface area (Å²) in [5.41, 5.74) is -4.05. The number of rotatable bonds is 2. The van der Waals surface area contributed by atoms with Gasteiger partial charge in [0.2, 0.25) is 0 Å². The van der Waals surface area contributed by atoms with Crippen LogP contribution in [0.2, 0.25) is 0 Å². The van der Waals surface area contributed by atoms with Gasteiger partial charge in [0.05, 0.1) is 17.2 Å². The number of hydrogen-bond acceptors (Lipinski definition) is 2. The average Bonchev–Trinajstić information content (AvgIpc) is 2.89. The maximum atomic E-state index is 13.9. The molecule has 4 atom stereocenters. The highest BCUT2D eigenvalue weighted by Crippen LogP contribution is 2.55. The van der Waals surface area contributed by atoms with Crippen LogP contribution < -0.4 is 0 Å². The smallest absolute Gasteiger partial charge is 0.416 e. The summed E-state index contributed by atoms with van der Waals surface area (Å²) in [6, 6.07) is 7.69. The molecule has 3 nitrogen and oxygen atoms in total. The second-order valence-corrected chi connectivity index (χ2v) is 11.3. The predicted octanol–water partition coefficient (Wildman–Crippen LogP) is 9.34. The van der Waals surface area contributed by atoms with Gasteiger partial charge in [-0.3, -0.25) is 4.90 Å². The van der Waals surface area contributed by atoms with E-state index in [4.69, 9.17) is 4.74 Å². The number of hydrogen-bond donors (Lipinski definition) is 0. The summed E-state index contributed by atoms with van der Waals surface area (Å²) >= 11 is 0. The zero-order chi connectivity index (χ0) is 30.8. The molecule has 12 heteroatoms. The van der Waals surface area contributed by atoms with Crippen molar-refractivity contribution in [1.29, 1.82) is 0 Å². The van der Waals surface area contributed by atoms with Crippen LogP contribution in [0.5, 0.6) is 0 Å². The number of alkyl halides is 9. The van der Waals surface area contributed by atoms with E-state index in [1.165, 1.54) is 6.07 Å². The first-order chi connectivity index (χ1) is 19.4. The van der Waals surface area contributed by atoms with E-state index in [0.717, 1.165) is 22.6 Å². The summed E-state index contributed by atoms with van der Waals surface area (Å²) in [4.78, 5) is 14.4. The number of halogens is 9. The molecular weight excluding hydrogens is 577 g/mol. The number of ether oxygens (including phenoxy) is 1. The average molecular weight is 604 g/mol. The van der Waals surface area contributed by atoms with Crippen molar-refractivity contribution >= 4 is 6.09 Å². The van der Waals surface area contributed by atoms with Crippen LogP contribution in [0.1, 0.15) is 48.9 Å². The molecule has 0 bridgehead atoms. The number of amides is 1. The lowest BCUT2D eigenvalue weighted by Gasteiger charge is -2.56. The molecule has 0 saturated carbocycles. The number of piperidine rings is 1. The number of nitrogens with zero attached hydrogens (tertiary/aromatic N) is 1. The fourth-order valence-corrected chi connectivity index (χ4v) is 6.57. The van der Waals surface area contributed by atoms with Crippen molar-refractivity contribution < 1.29 is 49.0 Å². The van der Waals surface area contributed by atoms with Gasteiger partial charge in [0.15, 0.2) is 0 Å². The SMILES string of the molecule is Cc1ccccc1-c1ccc(C(F)(F)F)cc1[C@@H]1C(C)CC[C@@H]2N1C(=O)OCC21C=C(C(F)(F)F)C=C(C(F)(F)F)C1. The number of aryl methyl sites for hydroxylation is 1. The molecule has 2 fully saturated rings. The Hall–Kier alpha value is -3.44. The second-order valence-electron chi connectivity index (χ2n) is 11.3. The maximum Gasteiger partial charge on any atom is 0.416 e. The molecule has 2 aromatic rings. The maximum absolute atomic E-state index is 13.9. The van der Waals surface area contributed by atoms with Crippen molar-refractivity contribution in [2.45, 2.75) is 63.7 Å². The van der Waals surface area contributed by atoms with Crippen LogP contribution in [-0.2, 0) is 10.9 Å². The van der Waals surface area contributed by atoms with Gasteiger partial charge in [-0.15, -0.1) is 0 Å². The van der Waals surface area contributed by atoms with Gasteiger partial charge >= 0.3 is 24.6 Å². The highest BCUT2D eigenvalue weighted by molar-refractivity contribution is 5.75. The highest BCUT2D eigenvalue weighted by atomic mass is 19.4. The Morgan fingerprint density at radius 1 is 0.881 bits per heavy atom. The molecule has 2 saturated heterocycles. The van der Waals surface area contributed by atoms with Gasteiger partial charge in [-0.25, -0.2) is 4.79 Å². The molecule has 226 valence electrons. The van der Waals surface area contributed by atoms with Gasteiger partial charge < -0.3 is 4.74 Å². The molecule has 42 heavy (non-hydrogen) atoms. The standard InChI is InChI=1S/C30H26F9NO2/c1-16-5-3-4-6-21(16)22-9-8-18(28(31,32)33)12-23(22)25-17(2)7-10-24-27(15-42-26(41)40(24)25)13-19(29(34,35)36)11-20(14-27)30(37,38)39/h3-6,8-9,11-13,17,24-25H,7,10,14-15H2,1-2H3/t17?,24-,25-,27?/m0/s1. The van der Waals surface area contributed by atoms with E-state index in [0.29, 0.717) is 17.2 Å². The van der Waals surface area contributed by atoms with Crippen LogP contribution in [0, 0.1) is 18.3 Å². The molecule has 0 N–H and O–H groups in total. The Morgan fingerprint density at radius 3 is 2.19 bits per heavy atom. The van der Waals surface area contributed by atoms with E-state index in [9.17, 15) is 44.3 Å². The highest BCUT2D eigenvalue weighted by Gasteiger charge is 2.57. The Kier molecular flexibility index (Phi) is 7.21. The summed E-state index contributed by atoms with van der Waals surface area (Å²) in [5.74, 6) is -0.498. The third kappa shape index (κ3) is 5.28. The monoisotopic (exact) mass is 603 g/mol. The number of allylic oxidation sites excluding steroid dienone is 3. The molecule has 2 aliphatic heterocycles. The van der Waals surface area contributed by atoms with Gasteiger partial charge in [0, 0.05) is 17.0 Å². The van der Waals surface area contributed by atoms with E-state index in [1.54, 1.807) is 38.1 Å². The van der Waals surface area contributed by atoms with Crippen molar-refractivity contribution in [3.05, 3.63) is 82.5 Å². The Bertz CT molecular complexity index is 1450. The van der Waals surface area contributed by atoms with Crippen molar-refractivity contribution in [2.75, 3.05) is 6.61 Å². The predicted molar refractivity (Wildman–Crippen MR) is 135 cm³/mol. The molecule has 0 aromatic heterocycles. The first-order valence-corrected chi connectivity index (χ1v) is 13.2. The Morgan fingerprint density at radius 2 is 1.57 bits per heavy atom. The number of carbonyl (C=O) groups is 1. The molecular formula is C30H26F9NO2. The van der Waals surface area contributed by atoms with E-state index >= 15 is 0 Å². The van der Waals surface area contributed by atoms with E-state index in [2.05, 4.69) is 0 Å². The number of fused-ring (bicyclic) bond motifs is 2. The van der Waals surface area contributed by atoms with Gasteiger partial charge in [-0.1, -0.05) is 43.3 Å². The topological polar surface area (TPSA) is 29.5 Å². The molecule has 2 unspecified atom stereocenters. The van der Waals surface area contributed by atoms with Gasteiger partial charge in [0.25, 0.3) is 0 Å². The van der Waals surface area contributed by atoms with Crippen molar-refractivity contribution in [1.82, 2.24) is 4.90 Å². The fraction of sp³-hybridized carbons (Fsp3) is 0.433. The minimum atomic E-state index is -5.11. The van der Waals surface area contributed by atoms with Crippen LogP contribution in [0.15, 0.2) is 65.8 Å². The lowest BCUT2D eigenvalue weighted by atomic mass is 9.65. The Labute approximate surface area is 235 Å². The third-order valence-electron chi connectivity index (χ3n) is 8.53. The molecule has 1 spiro atoms. The van der Waals surface area contributed by atoms with E-state index < -0.39 is 77.8 Å². The van der Waals surface area contributed by atoms with E-state index in [-0.39, 0.29) is 24.5 Å². The molecule has 3 aliphatic rings. The van der Waals surface area contributed by atoms with Crippen molar-refractivity contribution in [3.8, 4) is 11.1 Å². The first kappa shape index (κ1) is 30.0. The van der Waals surface area contributed by atoms with Gasteiger partial charge in [-0.2, -0.15) is 39.5 Å². The van der Waals surface area contributed by atoms with Crippen molar-refractivity contribution in [2.24, 2.45) is 11.3 Å². The van der Waals surface area contributed by atoms with Crippen LogP contribution >= 0.6 is 0 Å². The normalized spacial score (nSPS) is 26.9. The minimum Gasteiger partial charge on any atom is -0.448 e. The van der Waals surface area contributed by atoms with Gasteiger partial charge in [-0.05, 0) is 72.6 Å². The summed E-state index contributed by atoms with van der Waals surface area (Å²) < 4.78 is 130. The van der Waals surface area contributed by atoms with Crippen LogP contribution in [-0.4, -0.2) is 36.0 Å². The largest absolute Gasteiger partial charge is 0.448 e. The molecule has 1 amide bonds. The van der Waals surface area contributed by atoms with E-state index in [1.807, 2.05) is 0 Å². The molecule has 2 heterocycles. The number of carbonyl (C=O) groups excluding carboxylic acids is 1. The zero-order valence-corrected chi connectivity index (χ0v) is 22.4. The molecule has 5 rings (SSSR count). The third-order valence-corrected chi connectivity index (χ3v) is 8.53. The number of cyclic esters (lactones) is 1. The van der Waals surface area contributed by atoms with Crippen LogP contribution in [0.25, 0.3) is 11.1 Å². The summed E-state index contributed by atoms with van der Waals surface area (Å²) in [5, 5.41) is 0. The quantitative estimate of drug-likeness (QED) is 0.320. The minimum absolute atomic E-state index is 0.0399. The molecule has 0 radical (unpaired) electrons. The van der Waals surface area contributed by atoms with Gasteiger partial charge in [0.1, 0.15) is 6.61 Å². The van der Waals surface area contributed by atoms with Crippen molar-refractivity contribution in [3.63, 3.8) is 0 Å².